The van der Waals surface area contributed by atoms with Crippen LogP contribution in [0.2, 0.25) is 0 Å². The third-order valence-corrected chi connectivity index (χ3v) is 3.33. The maximum absolute atomic E-state index is 13.7. The minimum atomic E-state index is -1.10. The van der Waals surface area contributed by atoms with Crippen LogP contribution in [0.15, 0.2) is 18.2 Å². The lowest BCUT2D eigenvalue weighted by Gasteiger charge is -2.32. The number of hydrogen-bond donors (Lipinski definition) is 1. The standard InChI is InChI=1S/C13H16FNO/c1-9-5-6-11(14)10(8-9)13(15)7-3-2-4-12(13)16/h5-6,8H,2-4,7,15H2,1H3. The largest absolute Gasteiger partial charge is 0.315 e. The number of nitrogens with two attached hydrogens (primary N) is 1. The van der Waals surface area contributed by atoms with Gasteiger partial charge in [-0.1, -0.05) is 24.1 Å². The molecule has 0 amide bonds. The Balaban J connectivity index is 2.48. The molecule has 2 N–H and O–H groups in total. The molecule has 2 nitrogen and oxygen atoms in total. The van der Waals surface area contributed by atoms with Crippen LogP contribution in [0.4, 0.5) is 4.39 Å². The number of carbonyl (C=O) groups is 1. The molecule has 0 heterocycles. The molecule has 86 valence electrons. The molecule has 0 radical (unpaired) electrons. The SMILES string of the molecule is Cc1ccc(F)c(C2(N)CCCCC2=O)c1. The molecule has 1 aromatic rings. The van der Waals surface area contributed by atoms with Crippen LogP contribution < -0.4 is 5.73 Å². The zero-order valence-electron chi connectivity index (χ0n) is 9.42. The summed E-state index contributed by atoms with van der Waals surface area (Å²) < 4.78 is 13.7. The second-order valence-electron chi connectivity index (χ2n) is 4.58. The minimum absolute atomic E-state index is 0.0387. The maximum Gasteiger partial charge on any atom is 0.157 e. The molecule has 3 heteroatoms. The molecule has 16 heavy (non-hydrogen) atoms. The van der Waals surface area contributed by atoms with Crippen molar-refractivity contribution in [2.45, 2.75) is 38.1 Å². The normalized spacial score (nSPS) is 25.8. The maximum atomic E-state index is 13.7. The van der Waals surface area contributed by atoms with Gasteiger partial charge in [-0.15, -0.1) is 0 Å². The number of carbonyl (C=O) groups excluding carboxylic acids is 1. The molecule has 1 aliphatic carbocycles. The highest BCUT2D eigenvalue weighted by molar-refractivity contribution is 5.90. The smallest absolute Gasteiger partial charge is 0.157 e. The van der Waals surface area contributed by atoms with Crippen LogP contribution in [-0.4, -0.2) is 5.78 Å². The lowest BCUT2D eigenvalue weighted by atomic mass is 9.76. The van der Waals surface area contributed by atoms with Gasteiger partial charge in [0, 0.05) is 12.0 Å². The summed E-state index contributed by atoms with van der Waals surface area (Å²) in [5.41, 5.74) is 6.29. The quantitative estimate of drug-likeness (QED) is 0.791. The third kappa shape index (κ3) is 1.76. The second kappa shape index (κ2) is 3.98. The summed E-state index contributed by atoms with van der Waals surface area (Å²) in [4.78, 5) is 11.9. The van der Waals surface area contributed by atoms with Crippen molar-refractivity contribution in [2.75, 3.05) is 0 Å². The van der Waals surface area contributed by atoms with E-state index >= 15 is 0 Å². The van der Waals surface area contributed by atoms with Crippen molar-refractivity contribution in [2.24, 2.45) is 5.73 Å². The Morgan fingerprint density at radius 3 is 2.81 bits per heavy atom. The van der Waals surface area contributed by atoms with Crippen molar-refractivity contribution in [3.05, 3.63) is 35.1 Å². The number of Topliss-reactive ketones (excluding diaryl/α,β-unsaturated/α-hetero) is 1. The molecule has 1 atom stereocenters. The van der Waals surface area contributed by atoms with Crippen LogP contribution in [0, 0.1) is 12.7 Å². The lowest BCUT2D eigenvalue weighted by molar-refractivity contribution is -0.126. The zero-order chi connectivity index (χ0) is 11.8. The molecule has 2 rings (SSSR count). The summed E-state index contributed by atoms with van der Waals surface area (Å²) in [7, 11) is 0. The van der Waals surface area contributed by atoms with E-state index in [0.29, 0.717) is 18.4 Å². The topological polar surface area (TPSA) is 43.1 Å². The Kier molecular flexibility index (Phi) is 2.80. The molecular weight excluding hydrogens is 205 g/mol. The molecule has 0 saturated heterocycles. The van der Waals surface area contributed by atoms with E-state index < -0.39 is 5.54 Å². The Morgan fingerprint density at radius 2 is 2.12 bits per heavy atom. The molecule has 0 aromatic heterocycles. The van der Waals surface area contributed by atoms with Gasteiger partial charge in [-0.05, 0) is 25.8 Å². The van der Waals surface area contributed by atoms with Crippen molar-refractivity contribution >= 4 is 5.78 Å². The minimum Gasteiger partial charge on any atom is -0.315 e. The molecule has 1 unspecified atom stereocenters. The second-order valence-corrected chi connectivity index (χ2v) is 4.58. The monoisotopic (exact) mass is 221 g/mol. The van der Waals surface area contributed by atoms with Crippen LogP contribution in [0.3, 0.4) is 0 Å². The number of ketones is 1. The average Bonchev–Trinajstić information content (AvgIpc) is 2.26. The van der Waals surface area contributed by atoms with Gasteiger partial charge in [-0.3, -0.25) is 4.79 Å². The number of benzene rings is 1. The summed E-state index contributed by atoms with van der Waals surface area (Å²) >= 11 is 0. The number of hydrogen-bond acceptors (Lipinski definition) is 2. The predicted molar refractivity (Wildman–Crippen MR) is 60.5 cm³/mol. The Morgan fingerprint density at radius 1 is 1.38 bits per heavy atom. The molecule has 1 aliphatic rings. The summed E-state index contributed by atoms with van der Waals surface area (Å²) in [6.45, 7) is 1.87. The van der Waals surface area contributed by atoms with E-state index in [1.807, 2.05) is 6.92 Å². The van der Waals surface area contributed by atoms with Gasteiger partial charge >= 0.3 is 0 Å². The number of rotatable bonds is 1. The number of aryl methyl sites for hydroxylation is 1. The van der Waals surface area contributed by atoms with Crippen molar-refractivity contribution in [1.82, 2.24) is 0 Å². The van der Waals surface area contributed by atoms with Gasteiger partial charge in [-0.25, -0.2) is 4.39 Å². The molecule has 1 aromatic carbocycles. The van der Waals surface area contributed by atoms with E-state index in [1.165, 1.54) is 6.07 Å². The van der Waals surface area contributed by atoms with Crippen molar-refractivity contribution in [3.8, 4) is 0 Å². The lowest BCUT2D eigenvalue weighted by Crippen LogP contribution is -2.47. The summed E-state index contributed by atoms with van der Waals surface area (Å²) in [6, 6.07) is 4.77. The van der Waals surface area contributed by atoms with Crippen LogP contribution in [0.5, 0.6) is 0 Å². The summed E-state index contributed by atoms with van der Waals surface area (Å²) in [6.07, 6.45) is 2.76. The van der Waals surface area contributed by atoms with Gasteiger partial charge < -0.3 is 5.73 Å². The molecular formula is C13H16FNO. The first-order chi connectivity index (χ1) is 7.54. The first-order valence-electron chi connectivity index (χ1n) is 5.63. The van der Waals surface area contributed by atoms with E-state index in [9.17, 15) is 9.18 Å². The first-order valence-corrected chi connectivity index (χ1v) is 5.63. The van der Waals surface area contributed by atoms with E-state index in [-0.39, 0.29) is 11.6 Å². The van der Waals surface area contributed by atoms with Crippen LogP contribution in [0.25, 0.3) is 0 Å². The van der Waals surface area contributed by atoms with Gasteiger partial charge in [0.25, 0.3) is 0 Å². The fraction of sp³-hybridized carbons (Fsp3) is 0.462. The Bertz CT molecular complexity index is 430. The molecule has 1 fully saturated rings. The van der Waals surface area contributed by atoms with Crippen molar-refractivity contribution in [3.63, 3.8) is 0 Å². The Hall–Kier alpha value is -1.22. The van der Waals surface area contributed by atoms with Gasteiger partial charge in [0.1, 0.15) is 11.4 Å². The Labute approximate surface area is 94.6 Å². The molecule has 1 saturated carbocycles. The van der Waals surface area contributed by atoms with Gasteiger partial charge in [0.05, 0.1) is 0 Å². The predicted octanol–water partition coefficient (Wildman–Crippen LogP) is 2.43. The molecule has 0 spiro atoms. The molecule has 0 bridgehead atoms. The van der Waals surface area contributed by atoms with Crippen molar-refractivity contribution < 1.29 is 9.18 Å². The van der Waals surface area contributed by atoms with Gasteiger partial charge in [-0.2, -0.15) is 0 Å². The van der Waals surface area contributed by atoms with E-state index in [4.69, 9.17) is 5.73 Å². The highest BCUT2D eigenvalue weighted by Gasteiger charge is 2.39. The number of halogens is 1. The van der Waals surface area contributed by atoms with Gasteiger partial charge in [0.15, 0.2) is 5.78 Å². The molecule has 0 aliphatic heterocycles. The third-order valence-electron chi connectivity index (χ3n) is 3.33. The van der Waals surface area contributed by atoms with E-state index in [1.54, 1.807) is 12.1 Å². The fourth-order valence-corrected chi connectivity index (χ4v) is 2.32. The van der Waals surface area contributed by atoms with E-state index in [0.717, 1.165) is 18.4 Å². The van der Waals surface area contributed by atoms with Gasteiger partial charge in [0.2, 0.25) is 0 Å². The van der Waals surface area contributed by atoms with Crippen molar-refractivity contribution in [1.29, 1.82) is 0 Å². The zero-order valence-corrected chi connectivity index (χ0v) is 9.42. The highest BCUT2D eigenvalue weighted by atomic mass is 19.1. The summed E-state index contributed by atoms with van der Waals surface area (Å²) in [5, 5.41) is 0. The highest BCUT2D eigenvalue weighted by Crippen LogP contribution is 2.33. The van der Waals surface area contributed by atoms with E-state index in [2.05, 4.69) is 0 Å². The fourth-order valence-electron chi connectivity index (χ4n) is 2.32. The van der Waals surface area contributed by atoms with Crippen LogP contribution in [0.1, 0.15) is 36.8 Å². The average molecular weight is 221 g/mol. The first kappa shape index (κ1) is 11.3. The summed E-state index contributed by atoms with van der Waals surface area (Å²) in [5.74, 6) is -0.411. The van der Waals surface area contributed by atoms with Crippen LogP contribution >= 0.6 is 0 Å². The van der Waals surface area contributed by atoms with Crippen LogP contribution in [-0.2, 0) is 10.3 Å².